The highest BCUT2D eigenvalue weighted by atomic mass is 32.1. The molecule has 0 aliphatic heterocycles. The Hall–Kier alpha value is -1.06. The SMILES string of the molecule is CN(O)Cc1csc(C(C)(C)CC(C)(C)CC(C)(C)OCCC(C)(C)OC(C)(C)CC(C)(C)C(=O)O)n1. The lowest BCUT2D eigenvalue weighted by molar-refractivity contribution is -0.168. The van der Waals surface area contributed by atoms with E-state index < -0.39 is 22.6 Å². The molecule has 0 fully saturated rings. The first-order chi connectivity index (χ1) is 16.4. The highest BCUT2D eigenvalue weighted by Gasteiger charge is 2.39. The lowest BCUT2D eigenvalue weighted by Crippen LogP contribution is -2.43. The molecule has 0 aromatic carbocycles. The van der Waals surface area contributed by atoms with Crippen molar-refractivity contribution < 1.29 is 24.6 Å². The van der Waals surface area contributed by atoms with Crippen LogP contribution in [0.4, 0.5) is 0 Å². The third kappa shape index (κ3) is 12.1. The molecule has 0 radical (unpaired) electrons. The van der Waals surface area contributed by atoms with E-state index in [2.05, 4.69) is 41.5 Å². The zero-order valence-corrected chi connectivity index (χ0v) is 26.6. The number of hydrogen-bond donors (Lipinski definition) is 2. The maximum atomic E-state index is 11.6. The molecule has 0 spiro atoms. The van der Waals surface area contributed by atoms with Crippen molar-refractivity contribution in [3.8, 4) is 0 Å². The van der Waals surface area contributed by atoms with Gasteiger partial charge < -0.3 is 19.8 Å². The summed E-state index contributed by atoms with van der Waals surface area (Å²) in [6.07, 6.45) is 2.98. The van der Waals surface area contributed by atoms with E-state index in [4.69, 9.17) is 14.5 Å². The maximum absolute atomic E-state index is 11.6. The van der Waals surface area contributed by atoms with Gasteiger partial charge in [0, 0.05) is 17.8 Å². The Morgan fingerprint density at radius 1 is 0.919 bits per heavy atom. The van der Waals surface area contributed by atoms with E-state index in [1.165, 1.54) is 0 Å². The van der Waals surface area contributed by atoms with Crippen molar-refractivity contribution in [1.29, 1.82) is 0 Å². The van der Waals surface area contributed by atoms with Gasteiger partial charge in [-0.1, -0.05) is 27.7 Å². The number of hydroxylamine groups is 2. The quantitative estimate of drug-likeness (QED) is 0.212. The van der Waals surface area contributed by atoms with E-state index in [1.807, 2.05) is 33.1 Å². The van der Waals surface area contributed by atoms with Gasteiger partial charge in [0.25, 0.3) is 0 Å². The number of carboxylic acids is 1. The molecule has 7 nitrogen and oxygen atoms in total. The Morgan fingerprint density at radius 2 is 1.49 bits per heavy atom. The zero-order valence-electron chi connectivity index (χ0n) is 25.7. The number of carbonyl (C=O) groups is 1. The Morgan fingerprint density at radius 3 is 2.00 bits per heavy atom. The predicted molar refractivity (Wildman–Crippen MR) is 151 cm³/mol. The second kappa shape index (κ2) is 12.0. The van der Waals surface area contributed by atoms with Gasteiger partial charge in [0.05, 0.1) is 46.1 Å². The van der Waals surface area contributed by atoms with Crippen LogP contribution in [0.2, 0.25) is 0 Å². The molecule has 0 aliphatic rings. The van der Waals surface area contributed by atoms with Gasteiger partial charge in [0.15, 0.2) is 0 Å². The van der Waals surface area contributed by atoms with Crippen LogP contribution in [0.3, 0.4) is 0 Å². The van der Waals surface area contributed by atoms with Crippen LogP contribution in [0.1, 0.15) is 119 Å². The fourth-order valence-corrected chi connectivity index (χ4v) is 6.95. The lowest BCUT2D eigenvalue weighted by atomic mass is 9.70. The third-order valence-corrected chi connectivity index (χ3v) is 7.80. The average Bonchev–Trinajstić information content (AvgIpc) is 3.05. The molecule has 1 aromatic heterocycles. The van der Waals surface area contributed by atoms with Crippen molar-refractivity contribution in [3.05, 3.63) is 16.1 Å². The summed E-state index contributed by atoms with van der Waals surface area (Å²) in [7, 11) is 1.63. The van der Waals surface area contributed by atoms with Gasteiger partial charge in [-0.3, -0.25) is 4.79 Å². The molecule has 0 bridgehead atoms. The fraction of sp³-hybridized carbons (Fsp3) is 0.862. The monoisotopic (exact) mass is 542 g/mol. The molecule has 8 heteroatoms. The minimum Gasteiger partial charge on any atom is -0.481 e. The number of ether oxygens (including phenoxy) is 2. The molecule has 0 aliphatic carbocycles. The van der Waals surface area contributed by atoms with Crippen LogP contribution < -0.4 is 0 Å². The van der Waals surface area contributed by atoms with Crippen LogP contribution in [0.15, 0.2) is 5.38 Å². The summed E-state index contributed by atoms with van der Waals surface area (Å²) in [6.45, 7) is 25.8. The highest BCUT2D eigenvalue weighted by molar-refractivity contribution is 7.09. The summed E-state index contributed by atoms with van der Waals surface area (Å²) < 4.78 is 12.8. The molecule has 1 heterocycles. The molecule has 0 amide bonds. The number of aromatic nitrogens is 1. The first-order valence-corrected chi connectivity index (χ1v) is 14.2. The molecule has 0 unspecified atom stereocenters. The number of carboxylic acid groups (broad SMARTS) is 1. The largest absolute Gasteiger partial charge is 0.481 e. The molecule has 0 saturated carbocycles. The molecule has 37 heavy (non-hydrogen) atoms. The van der Waals surface area contributed by atoms with Gasteiger partial charge in [-0.25, -0.2) is 4.98 Å². The van der Waals surface area contributed by atoms with Crippen LogP contribution in [0.25, 0.3) is 0 Å². The topological polar surface area (TPSA) is 92.1 Å². The summed E-state index contributed by atoms with van der Waals surface area (Å²) in [5, 5.41) is 23.3. The predicted octanol–water partition coefficient (Wildman–Crippen LogP) is 7.31. The number of thiazole rings is 1. The van der Waals surface area contributed by atoms with Crippen LogP contribution in [0.5, 0.6) is 0 Å². The normalized spacial score (nSPS) is 14.5. The first-order valence-electron chi connectivity index (χ1n) is 13.3. The molecule has 0 atom stereocenters. The average molecular weight is 543 g/mol. The maximum Gasteiger partial charge on any atom is 0.309 e. The molecular weight excluding hydrogens is 488 g/mol. The van der Waals surface area contributed by atoms with E-state index in [-0.39, 0.29) is 16.4 Å². The smallest absolute Gasteiger partial charge is 0.309 e. The second-order valence-corrected chi connectivity index (χ2v) is 15.6. The van der Waals surface area contributed by atoms with Crippen molar-refractivity contribution in [2.24, 2.45) is 10.8 Å². The molecule has 1 aromatic rings. The molecule has 216 valence electrons. The van der Waals surface area contributed by atoms with E-state index in [1.54, 1.807) is 32.2 Å². The summed E-state index contributed by atoms with van der Waals surface area (Å²) in [6, 6.07) is 0. The lowest BCUT2D eigenvalue weighted by Gasteiger charge is -2.41. The summed E-state index contributed by atoms with van der Waals surface area (Å²) >= 11 is 1.66. The van der Waals surface area contributed by atoms with Crippen molar-refractivity contribution in [2.75, 3.05) is 13.7 Å². The van der Waals surface area contributed by atoms with E-state index in [0.717, 1.165) is 28.6 Å². The number of rotatable bonds is 16. The van der Waals surface area contributed by atoms with E-state index in [9.17, 15) is 15.1 Å². The van der Waals surface area contributed by atoms with Gasteiger partial charge in [-0.2, -0.15) is 5.06 Å². The first kappa shape index (κ1) is 34.0. The highest BCUT2D eigenvalue weighted by Crippen LogP contribution is 2.43. The van der Waals surface area contributed by atoms with E-state index in [0.29, 0.717) is 26.0 Å². The minimum absolute atomic E-state index is 0.0169. The van der Waals surface area contributed by atoms with Gasteiger partial charge >= 0.3 is 5.97 Å². The van der Waals surface area contributed by atoms with Gasteiger partial charge in [-0.15, -0.1) is 11.3 Å². The summed E-state index contributed by atoms with van der Waals surface area (Å²) in [5.41, 5.74) is -1.38. The van der Waals surface area contributed by atoms with Crippen molar-refractivity contribution in [1.82, 2.24) is 10.0 Å². The Bertz CT molecular complexity index is 885. The second-order valence-electron chi connectivity index (χ2n) is 14.7. The number of hydrogen-bond acceptors (Lipinski definition) is 7. The third-order valence-electron chi connectivity index (χ3n) is 6.54. The van der Waals surface area contributed by atoms with Gasteiger partial charge in [0.2, 0.25) is 0 Å². The van der Waals surface area contributed by atoms with E-state index >= 15 is 0 Å². The van der Waals surface area contributed by atoms with Crippen LogP contribution >= 0.6 is 11.3 Å². The standard InChI is InChI=1S/C29H54N2O5S/c1-24(2,18-25(3,4)22-30-21(17-37-22)16-31(13)34)19-28(9,10)35-15-14-27(7,8)36-29(11,12)20-26(5,6)23(32)33/h17,34H,14-16,18-20H2,1-13H3,(H,32,33). The van der Waals surface area contributed by atoms with Crippen LogP contribution in [0, 0.1) is 10.8 Å². The fourth-order valence-electron chi connectivity index (χ4n) is 6.01. The van der Waals surface area contributed by atoms with Crippen molar-refractivity contribution >= 4 is 17.3 Å². The van der Waals surface area contributed by atoms with Gasteiger partial charge in [-0.05, 0) is 86.5 Å². The Kier molecular flexibility index (Phi) is 11.0. The van der Waals surface area contributed by atoms with Gasteiger partial charge in [0.1, 0.15) is 0 Å². The number of nitrogens with zero attached hydrogens (tertiary/aromatic N) is 2. The molecule has 1 rings (SSSR count). The summed E-state index contributed by atoms with van der Waals surface area (Å²) in [5.74, 6) is -0.814. The minimum atomic E-state index is -0.854. The Labute approximate surface area is 229 Å². The Balaban J connectivity index is 2.71. The molecule has 2 N–H and O–H groups in total. The van der Waals surface area contributed by atoms with Crippen molar-refractivity contribution in [3.63, 3.8) is 0 Å². The zero-order chi connectivity index (χ0) is 29.1. The summed E-state index contributed by atoms with van der Waals surface area (Å²) in [4.78, 5) is 16.4. The van der Waals surface area contributed by atoms with Crippen LogP contribution in [-0.4, -0.2) is 56.8 Å². The number of aliphatic carboxylic acids is 1. The molecule has 0 saturated heterocycles. The van der Waals surface area contributed by atoms with Crippen LogP contribution in [-0.2, 0) is 26.2 Å². The van der Waals surface area contributed by atoms with Crippen molar-refractivity contribution in [2.45, 2.75) is 138 Å². The molecular formula is C29H54N2O5S.